The lowest BCUT2D eigenvalue weighted by atomic mass is 10.1. The maximum absolute atomic E-state index is 12.0. The smallest absolute Gasteiger partial charge is 0.239 e. The molecule has 164 valence electrons. The Kier molecular flexibility index (Phi) is 11.0. The van der Waals surface area contributed by atoms with E-state index in [0.717, 1.165) is 11.1 Å². The second-order valence-corrected chi connectivity index (χ2v) is 7.97. The summed E-state index contributed by atoms with van der Waals surface area (Å²) >= 11 is 6.16. The minimum Gasteiger partial charge on any atom is -0.487 e. The van der Waals surface area contributed by atoms with Crippen molar-refractivity contribution in [1.82, 2.24) is 16.0 Å². The molecule has 0 aliphatic rings. The topological polar surface area (TPSA) is 74.8 Å². The number of rotatable bonds is 7. The van der Waals surface area contributed by atoms with E-state index in [0.29, 0.717) is 29.9 Å². The van der Waals surface area contributed by atoms with E-state index in [1.807, 2.05) is 63.2 Å². The Hall–Kier alpha value is -2.00. The number of aliphatic imine (C=N–C) groups is 1. The van der Waals surface area contributed by atoms with Gasteiger partial charge in [0.05, 0.1) is 11.6 Å². The van der Waals surface area contributed by atoms with Crippen LogP contribution < -0.4 is 20.7 Å². The van der Waals surface area contributed by atoms with Crippen LogP contribution in [0.4, 0.5) is 0 Å². The highest BCUT2D eigenvalue weighted by Crippen LogP contribution is 2.24. The van der Waals surface area contributed by atoms with E-state index in [2.05, 4.69) is 20.9 Å². The molecular formula is C22H30ClIN4O2. The Morgan fingerprint density at radius 3 is 2.30 bits per heavy atom. The molecular weight excluding hydrogens is 515 g/mol. The predicted octanol–water partition coefficient (Wildman–Crippen LogP) is 4.12. The SMILES string of the molecule is CN=C(NCC(=O)NC(C)(C)C)NCc1ccccc1COc1ccccc1Cl.I. The van der Waals surface area contributed by atoms with Crippen LogP contribution in [0.1, 0.15) is 31.9 Å². The number of hydrogen-bond acceptors (Lipinski definition) is 3. The van der Waals surface area contributed by atoms with Crippen LogP contribution in [0.25, 0.3) is 0 Å². The summed E-state index contributed by atoms with van der Waals surface area (Å²) in [5, 5.41) is 9.75. The molecule has 2 rings (SSSR count). The fourth-order valence-electron chi connectivity index (χ4n) is 2.61. The van der Waals surface area contributed by atoms with Crippen molar-refractivity contribution in [3.63, 3.8) is 0 Å². The molecule has 0 radical (unpaired) electrons. The minimum atomic E-state index is -0.268. The fraction of sp³-hybridized carbons (Fsp3) is 0.364. The third-order valence-corrected chi connectivity index (χ3v) is 4.25. The first-order valence-electron chi connectivity index (χ1n) is 9.48. The van der Waals surface area contributed by atoms with Gasteiger partial charge in [-0.25, -0.2) is 0 Å². The average Bonchev–Trinajstić information content (AvgIpc) is 2.67. The summed E-state index contributed by atoms with van der Waals surface area (Å²) in [5.41, 5.74) is 1.85. The van der Waals surface area contributed by atoms with Gasteiger partial charge in [-0.15, -0.1) is 24.0 Å². The summed E-state index contributed by atoms with van der Waals surface area (Å²) < 4.78 is 5.86. The number of nitrogens with zero attached hydrogens (tertiary/aromatic N) is 1. The van der Waals surface area contributed by atoms with E-state index in [-0.39, 0.29) is 42.0 Å². The summed E-state index contributed by atoms with van der Waals surface area (Å²) in [6.45, 7) is 6.93. The summed E-state index contributed by atoms with van der Waals surface area (Å²) in [5.74, 6) is 1.11. The number of hydrogen-bond donors (Lipinski definition) is 3. The van der Waals surface area contributed by atoms with Crippen LogP contribution in [0.2, 0.25) is 5.02 Å². The Morgan fingerprint density at radius 1 is 1.03 bits per heavy atom. The van der Waals surface area contributed by atoms with Crippen molar-refractivity contribution in [2.24, 2.45) is 4.99 Å². The maximum Gasteiger partial charge on any atom is 0.239 e. The molecule has 0 spiro atoms. The van der Waals surface area contributed by atoms with E-state index in [1.165, 1.54) is 0 Å². The van der Waals surface area contributed by atoms with Crippen molar-refractivity contribution in [1.29, 1.82) is 0 Å². The highest BCUT2D eigenvalue weighted by atomic mass is 127. The van der Waals surface area contributed by atoms with Gasteiger partial charge in [0, 0.05) is 19.1 Å². The first-order valence-corrected chi connectivity index (χ1v) is 9.86. The van der Waals surface area contributed by atoms with Gasteiger partial charge < -0.3 is 20.7 Å². The molecule has 2 aromatic rings. The molecule has 0 fully saturated rings. The molecule has 2 aromatic carbocycles. The number of halogens is 2. The monoisotopic (exact) mass is 544 g/mol. The Morgan fingerprint density at radius 2 is 1.67 bits per heavy atom. The van der Waals surface area contributed by atoms with Crippen LogP contribution in [0.15, 0.2) is 53.5 Å². The number of ether oxygens (including phenoxy) is 1. The van der Waals surface area contributed by atoms with Crippen LogP contribution in [0.5, 0.6) is 5.75 Å². The molecule has 1 amide bonds. The number of carbonyl (C=O) groups is 1. The van der Waals surface area contributed by atoms with E-state index in [1.54, 1.807) is 13.1 Å². The zero-order valence-corrected chi connectivity index (χ0v) is 20.9. The second-order valence-electron chi connectivity index (χ2n) is 7.57. The second kappa shape index (κ2) is 12.6. The summed E-state index contributed by atoms with van der Waals surface area (Å²) in [6, 6.07) is 15.4. The lowest BCUT2D eigenvalue weighted by Gasteiger charge is -2.21. The van der Waals surface area contributed by atoms with Crippen molar-refractivity contribution in [3.05, 3.63) is 64.7 Å². The molecule has 0 unspecified atom stereocenters. The van der Waals surface area contributed by atoms with Gasteiger partial charge in [-0.3, -0.25) is 9.79 Å². The molecule has 0 aliphatic carbocycles. The summed E-state index contributed by atoms with van der Waals surface area (Å²) in [7, 11) is 1.67. The third-order valence-electron chi connectivity index (χ3n) is 3.94. The van der Waals surface area contributed by atoms with E-state index in [4.69, 9.17) is 16.3 Å². The van der Waals surface area contributed by atoms with E-state index >= 15 is 0 Å². The number of benzene rings is 2. The molecule has 0 bridgehead atoms. The zero-order valence-electron chi connectivity index (χ0n) is 17.8. The number of guanidine groups is 1. The van der Waals surface area contributed by atoms with E-state index in [9.17, 15) is 4.79 Å². The average molecular weight is 545 g/mol. The van der Waals surface area contributed by atoms with Crippen LogP contribution in [-0.2, 0) is 17.9 Å². The maximum atomic E-state index is 12.0. The first-order chi connectivity index (χ1) is 13.8. The highest BCUT2D eigenvalue weighted by Gasteiger charge is 2.14. The third kappa shape index (κ3) is 9.21. The van der Waals surface area contributed by atoms with Crippen LogP contribution in [0, 0.1) is 0 Å². The summed E-state index contributed by atoms with van der Waals surface area (Å²) in [6.07, 6.45) is 0. The molecule has 0 aromatic heterocycles. The predicted molar refractivity (Wildman–Crippen MR) is 134 cm³/mol. The number of amides is 1. The highest BCUT2D eigenvalue weighted by molar-refractivity contribution is 14.0. The fourth-order valence-corrected chi connectivity index (χ4v) is 2.80. The van der Waals surface area contributed by atoms with Crippen molar-refractivity contribution in [2.45, 2.75) is 39.5 Å². The minimum absolute atomic E-state index is 0. The molecule has 0 saturated carbocycles. The molecule has 0 heterocycles. The normalized spacial score (nSPS) is 11.3. The Bertz CT molecular complexity index is 853. The molecule has 8 heteroatoms. The molecule has 3 N–H and O–H groups in total. The van der Waals surface area contributed by atoms with Gasteiger partial charge in [0.1, 0.15) is 12.4 Å². The van der Waals surface area contributed by atoms with Crippen molar-refractivity contribution in [3.8, 4) is 5.75 Å². The van der Waals surface area contributed by atoms with Gasteiger partial charge in [-0.05, 0) is 44.0 Å². The van der Waals surface area contributed by atoms with Crippen molar-refractivity contribution in [2.75, 3.05) is 13.6 Å². The zero-order chi connectivity index (χ0) is 21.3. The number of carbonyl (C=O) groups excluding carboxylic acids is 1. The van der Waals surface area contributed by atoms with Gasteiger partial charge in [-0.1, -0.05) is 48.0 Å². The Balaban J connectivity index is 0.00000450. The van der Waals surface area contributed by atoms with Gasteiger partial charge in [0.15, 0.2) is 5.96 Å². The lowest BCUT2D eigenvalue weighted by molar-refractivity contribution is -0.121. The van der Waals surface area contributed by atoms with Crippen molar-refractivity contribution >= 4 is 47.4 Å². The van der Waals surface area contributed by atoms with Crippen LogP contribution >= 0.6 is 35.6 Å². The van der Waals surface area contributed by atoms with E-state index < -0.39 is 0 Å². The van der Waals surface area contributed by atoms with Crippen LogP contribution in [-0.4, -0.2) is 31.0 Å². The quantitative estimate of drug-likeness (QED) is 0.279. The summed E-state index contributed by atoms with van der Waals surface area (Å²) in [4.78, 5) is 16.1. The molecule has 6 nitrogen and oxygen atoms in total. The number of nitrogens with one attached hydrogen (secondary N) is 3. The largest absolute Gasteiger partial charge is 0.487 e. The molecule has 30 heavy (non-hydrogen) atoms. The van der Waals surface area contributed by atoms with Gasteiger partial charge in [0.2, 0.25) is 5.91 Å². The standard InChI is InChI=1S/C22H29ClN4O2.HI/c1-22(2,3)27-20(28)14-26-21(24-4)25-13-16-9-5-6-10-17(16)15-29-19-12-8-7-11-18(19)23;/h5-12H,13-15H2,1-4H3,(H,27,28)(H2,24,25,26);1H. The lowest BCUT2D eigenvalue weighted by Crippen LogP contribution is -2.48. The van der Waals surface area contributed by atoms with Gasteiger partial charge in [0.25, 0.3) is 0 Å². The molecule has 0 atom stereocenters. The Labute approximate surface area is 200 Å². The van der Waals surface area contributed by atoms with Crippen molar-refractivity contribution < 1.29 is 9.53 Å². The van der Waals surface area contributed by atoms with Gasteiger partial charge in [-0.2, -0.15) is 0 Å². The van der Waals surface area contributed by atoms with Crippen LogP contribution in [0.3, 0.4) is 0 Å². The van der Waals surface area contributed by atoms with Gasteiger partial charge >= 0.3 is 0 Å². The first kappa shape index (κ1) is 26.0. The number of para-hydroxylation sites is 1. The molecule has 0 aliphatic heterocycles. The molecule has 0 saturated heterocycles.